The molecule has 0 radical (unpaired) electrons. The molecule has 0 aliphatic carbocycles. The van der Waals surface area contributed by atoms with E-state index in [1.165, 1.54) is 5.56 Å². The van der Waals surface area contributed by atoms with Gasteiger partial charge in [0.1, 0.15) is 17.4 Å². The maximum Gasteiger partial charge on any atom is 0.259 e. The van der Waals surface area contributed by atoms with Gasteiger partial charge in [-0.2, -0.15) is 0 Å². The summed E-state index contributed by atoms with van der Waals surface area (Å²) in [5, 5.41) is 14.2. The average Bonchev–Trinajstić information content (AvgIpc) is 3.21. The summed E-state index contributed by atoms with van der Waals surface area (Å²) in [6.45, 7) is 5.33. The number of hydrogen-bond donors (Lipinski definition) is 1. The Kier molecular flexibility index (Phi) is 5.74. The number of aliphatic hydroxyl groups excluding tert-OH is 1. The van der Waals surface area contributed by atoms with Crippen LogP contribution in [0.5, 0.6) is 0 Å². The quantitative estimate of drug-likeness (QED) is 0.722. The number of piperazine rings is 1. The van der Waals surface area contributed by atoms with E-state index in [1.807, 2.05) is 53.4 Å². The van der Waals surface area contributed by atoms with Crippen LogP contribution in [0.2, 0.25) is 0 Å². The van der Waals surface area contributed by atoms with E-state index in [0.717, 1.165) is 25.2 Å². The molecule has 4 rings (SSSR count). The molecule has 2 heterocycles. The first-order valence-corrected chi connectivity index (χ1v) is 9.92. The molecule has 150 valence electrons. The Bertz CT molecular complexity index is 946. The SMILES string of the molecule is C[C@H](O)c1onc(-c2ccccc2)c1C(=O)N1CCN(Cc2ccccc2)CC1. The van der Waals surface area contributed by atoms with Crippen LogP contribution in [0.4, 0.5) is 0 Å². The maximum atomic E-state index is 13.3. The zero-order valence-corrected chi connectivity index (χ0v) is 16.5. The van der Waals surface area contributed by atoms with Crippen molar-refractivity contribution < 1.29 is 14.4 Å². The number of carbonyl (C=O) groups excluding carboxylic acids is 1. The summed E-state index contributed by atoms with van der Waals surface area (Å²) in [6.07, 6.45) is -0.904. The molecule has 1 aliphatic heterocycles. The Morgan fingerprint density at radius 2 is 1.66 bits per heavy atom. The fraction of sp³-hybridized carbons (Fsp3) is 0.304. The third-order valence-electron chi connectivity index (χ3n) is 5.27. The fourth-order valence-corrected chi connectivity index (χ4v) is 3.70. The van der Waals surface area contributed by atoms with Crippen molar-refractivity contribution in [3.05, 3.63) is 77.6 Å². The minimum absolute atomic E-state index is 0.139. The van der Waals surface area contributed by atoms with Crippen molar-refractivity contribution >= 4 is 5.91 Å². The monoisotopic (exact) mass is 391 g/mol. The van der Waals surface area contributed by atoms with Crippen molar-refractivity contribution in [1.29, 1.82) is 0 Å². The van der Waals surface area contributed by atoms with Crippen molar-refractivity contribution in [2.24, 2.45) is 0 Å². The number of rotatable bonds is 5. The molecular formula is C23H25N3O3. The smallest absolute Gasteiger partial charge is 0.259 e. The lowest BCUT2D eigenvalue weighted by molar-refractivity contribution is 0.0619. The number of amides is 1. The molecule has 3 aromatic rings. The van der Waals surface area contributed by atoms with E-state index < -0.39 is 6.10 Å². The van der Waals surface area contributed by atoms with Crippen LogP contribution in [-0.2, 0) is 6.54 Å². The molecule has 0 saturated carbocycles. The van der Waals surface area contributed by atoms with Gasteiger partial charge in [0.05, 0.1) is 0 Å². The Labute approximate surface area is 170 Å². The lowest BCUT2D eigenvalue weighted by Crippen LogP contribution is -2.48. The Morgan fingerprint density at radius 3 is 2.28 bits per heavy atom. The standard InChI is InChI=1S/C23H25N3O3/c1-17(27)22-20(21(24-29-22)19-10-6-3-7-11-19)23(28)26-14-12-25(13-15-26)16-18-8-4-2-5-9-18/h2-11,17,27H,12-16H2,1H3/t17-/m0/s1. The highest BCUT2D eigenvalue weighted by Gasteiger charge is 2.31. The molecule has 6 nitrogen and oxygen atoms in total. The predicted octanol–water partition coefficient (Wildman–Crippen LogP) is 3.35. The van der Waals surface area contributed by atoms with E-state index in [-0.39, 0.29) is 11.7 Å². The molecule has 29 heavy (non-hydrogen) atoms. The molecule has 1 saturated heterocycles. The number of benzene rings is 2. The van der Waals surface area contributed by atoms with E-state index in [2.05, 4.69) is 22.2 Å². The topological polar surface area (TPSA) is 69.8 Å². The number of nitrogens with zero attached hydrogens (tertiary/aromatic N) is 3. The van der Waals surface area contributed by atoms with Gasteiger partial charge in [0, 0.05) is 38.3 Å². The van der Waals surface area contributed by atoms with Crippen LogP contribution >= 0.6 is 0 Å². The number of carbonyl (C=O) groups is 1. The fourth-order valence-electron chi connectivity index (χ4n) is 3.70. The number of hydrogen-bond acceptors (Lipinski definition) is 5. The van der Waals surface area contributed by atoms with Crippen molar-refractivity contribution in [3.63, 3.8) is 0 Å². The normalized spacial score (nSPS) is 16.0. The van der Waals surface area contributed by atoms with Crippen molar-refractivity contribution in [2.75, 3.05) is 26.2 Å². The Morgan fingerprint density at radius 1 is 1.03 bits per heavy atom. The van der Waals surface area contributed by atoms with E-state index >= 15 is 0 Å². The van der Waals surface area contributed by atoms with Gasteiger partial charge in [0.2, 0.25) is 0 Å². The van der Waals surface area contributed by atoms with Gasteiger partial charge in [-0.25, -0.2) is 0 Å². The molecule has 1 amide bonds. The first-order valence-electron chi connectivity index (χ1n) is 9.92. The van der Waals surface area contributed by atoms with E-state index in [9.17, 15) is 9.90 Å². The minimum atomic E-state index is -0.904. The third-order valence-corrected chi connectivity index (χ3v) is 5.27. The minimum Gasteiger partial charge on any atom is -0.385 e. The van der Waals surface area contributed by atoms with Gasteiger partial charge >= 0.3 is 0 Å². The zero-order valence-electron chi connectivity index (χ0n) is 16.5. The van der Waals surface area contributed by atoms with Gasteiger partial charge in [-0.3, -0.25) is 9.69 Å². The van der Waals surface area contributed by atoms with Crippen LogP contribution < -0.4 is 0 Å². The molecule has 0 spiro atoms. The number of aromatic nitrogens is 1. The highest BCUT2D eigenvalue weighted by molar-refractivity contribution is 6.01. The maximum absolute atomic E-state index is 13.3. The highest BCUT2D eigenvalue weighted by atomic mass is 16.5. The second kappa shape index (κ2) is 8.59. The van der Waals surface area contributed by atoms with Gasteiger partial charge in [-0.05, 0) is 12.5 Å². The van der Waals surface area contributed by atoms with Crippen molar-refractivity contribution in [3.8, 4) is 11.3 Å². The molecular weight excluding hydrogens is 366 g/mol. The van der Waals surface area contributed by atoms with Gasteiger partial charge in [-0.1, -0.05) is 65.8 Å². The average molecular weight is 391 g/mol. The summed E-state index contributed by atoms with van der Waals surface area (Å²) in [5.41, 5.74) is 2.92. The summed E-state index contributed by atoms with van der Waals surface area (Å²) in [5.74, 6) is 0.0842. The lowest BCUT2D eigenvalue weighted by Gasteiger charge is -2.34. The van der Waals surface area contributed by atoms with Crippen LogP contribution in [0.25, 0.3) is 11.3 Å². The van der Waals surface area contributed by atoms with E-state index in [4.69, 9.17) is 4.52 Å². The summed E-state index contributed by atoms with van der Waals surface area (Å²) in [7, 11) is 0. The molecule has 0 bridgehead atoms. The molecule has 2 aromatic carbocycles. The van der Waals surface area contributed by atoms with Crippen LogP contribution in [0.3, 0.4) is 0 Å². The third kappa shape index (κ3) is 4.23. The van der Waals surface area contributed by atoms with Crippen LogP contribution in [0, 0.1) is 0 Å². The zero-order chi connectivity index (χ0) is 20.2. The molecule has 1 fully saturated rings. The molecule has 0 unspecified atom stereocenters. The predicted molar refractivity (Wildman–Crippen MR) is 110 cm³/mol. The van der Waals surface area contributed by atoms with Crippen molar-refractivity contribution in [2.45, 2.75) is 19.6 Å². The molecule has 1 aromatic heterocycles. The highest BCUT2D eigenvalue weighted by Crippen LogP contribution is 2.30. The second-order valence-corrected chi connectivity index (χ2v) is 7.37. The van der Waals surface area contributed by atoms with E-state index in [1.54, 1.807) is 6.92 Å². The van der Waals surface area contributed by atoms with Gasteiger partial charge in [0.15, 0.2) is 5.76 Å². The first kappa shape index (κ1) is 19.4. The molecule has 1 atom stereocenters. The van der Waals surface area contributed by atoms with Crippen LogP contribution in [0.1, 0.15) is 34.7 Å². The van der Waals surface area contributed by atoms with Crippen LogP contribution in [-0.4, -0.2) is 52.1 Å². The summed E-state index contributed by atoms with van der Waals surface area (Å²) in [6, 6.07) is 19.8. The molecule has 1 aliphatic rings. The largest absolute Gasteiger partial charge is 0.385 e. The summed E-state index contributed by atoms with van der Waals surface area (Å²) in [4.78, 5) is 17.5. The van der Waals surface area contributed by atoms with E-state index in [0.29, 0.717) is 24.3 Å². The van der Waals surface area contributed by atoms with Crippen LogP contribution in [0.15, 0.2) is 65.2 Å². The lowest BCUT2D eigenvalue weighted by atomic mass is 10.0. The van der Waals surface area contributed by atoms with Gasteiger partial charge in [-0.15, -0.1) is 0 Å². The first-order chi connectivity index (χ1) is 14.1. The Hall–Kier alpha value is -2.96. The summed E-state index contributed by atoms with van der Waals surface area (Å²) < 4.78 is 5.37. The summed E-state index contributed by atoms with van der Waals surface area (Å²) >= 11 is 0. The van der Waals surface area contributed by atoms with Crippen molar-refractivity contribution in [1.82, 2.24) is 15.0 Å². The molecule has 1 N–H and O–H groups in total. The van der Waals surface area contributed by atoms with Gasteiger partial charge < -0.3 is 14.5 Å². The molecule has 6 heteroatoms. The number of aliphatic hydroxyl groups is 1. The Balaban J connectivity index is 1.51. The second-order valence-electron chi connectivity index (χ2n) is 7.37. The van der Waals surface area contributed by atoms with Gasteiger partial charge in [0.25, 0.3) is 5.91 Å².